The summed E-state index contributed by atoms with van der Waals surface area (Å²) in [6, 6.07) is 0. The fourth-order valence-corrected chi connectivity index (χ4v) is 2.56. The zero-order chi connectivity index (χ0) is 12.0. The van der Waals surface area contributed by atoms with Gasteiger partial charge in [0, 0.05) is 26.2 Å². The average molecular weight is 237 g/mol. The number of hydrogen-bond acceptors (Lipinski definition) is 4. The van der Waals surface area contributed by atoms with Gasteiger partial charge in [-0.05, 0) is 6.42 Å². The van der Waals surface area contributed by atoms with Crippen molar-refractivity contribution < 1.29 is 14.4 Å². The number of nitrogens with one attached hydrogen (secondary N) is 1. The van der Waals surface area contributed by atoms with Crippen LogP contribution in [0, 0.1) is 11.8 Å². The normalized spacial score (nSPS) is 31.8. The van der Waals surface area contributed by atoms with Crippen molar-refractivity contribution in [3.05, 3.63) is 0 Å². The lowest BCUT2D eigenvalue weighted by Crippen LogP contribution is -2.50. The third-order valence-electron chi connectivity index (χ3n) is 3.72. The van der Waals surface area contributed by atoms with E-state index in [0.29, 0.717) is 19.5 Å². The summed E-state index contributed by atoms with van der Waals surface area (Å²) < 4.78 is 0. The molecular formula is C11H15N3O3. The van der Waals surface area contributed by atoms with Gasteiger partial charge in [0.15, 0.2) is 0 Å². The quantitative estimate of drug-likeness (QED) is 0.589. The summed E-state index contributed by atoms with van der Waals surface area (Å²) in [5, 5.41) is 3.15. The molecule has 3 rings (SSSR count). The number of piperidine rings is 1. The number of rotatable bonds is 2. The second-order valence-electron chi connectivity index (χ2n) is 4.84. The third kappa shape index (κ3) is 1.72. The first-order chi connectivity index (χ1) is 8.18. The number of nitrogens with zero attached hydrogens (tertiary/aromatic N) is 2. The van der Waals surface area contributed by atoms with Crippen molar-refractivity contribution in [3.63, 3.8) is 0 Å². The largest absolute Gasteiger partial charge is 0.339 e. The van der Waals surface area contributed by atoms with E-state index in [2.05, 4.69) is 5.32 Å². The molecule has 2 atom stereocenters. The highest BCUT2D eigenvalue weighted by molar-refractivity contribution is 6.10. The molecule has 2 saturated heterocycles. The molecule has 0 spiro atoms. The van der Waals surface area contributed by atoms with Crippen LogP contribution >= 0.6 is 0 Å². The Bertz CT molecular complexity index is 369. The van der Waals surface area contributed by atoms with Gasteiger partial charge in [0.1, 0.15) is 6.54 Å². The van der Waals surface area contributed by atoms with Gasteiger partial charge in [0.05, 0.1) is 11.8 Å². The smallest absolute Gasteiger partial charge is 0.242 e. The van der Waals surface area contributed by atoms with E-state index in [0.717, 1.165) is 18.0 Å². The van der Waals surface area contributed by atoms with Crippen LogP contribution in [0.1, 0.15) is 6.42 Å². The van der Waals surface area contributed by atoms with Gasteiger partial charge in [-0.3, -0.25) is 19.3 Å². The summed E-state index contributed by atoms with van der Waals surface area (Å²) in [6.45, 7) is 2.80. The maximum absolute atomic E-state index is 11.9. The molecule has 1 saturated carbocycles. The summed E-state index contributed by atoms with van der Waals surface area (Å²) in [6.07, 6.45) is 0.690. The highest BCUT2D eigenvalue weighted by Crippen LogP contribution is 2.46. The SMILES string of the molecule is O=C(CN1C(=O)C2CC2C1=O)N1CCNCC1. The first kappa shape index (κ1) is 10.7. The molecule has 0 aromatic carbocycles. The molecule has 1 N–H and O–H groups in total. The number of imide groups is 1. The maximum atomic E-state index is 11.9. The molecule has 0 radical (unpaired) electrons. The zero-order valence-electron chi connectivity index (χ0n) is 9.52. The van der Waals surface area contributed by atoms with E-state index in [9.17, 15) is 14.4 Å². The Labute approximate surface area is 98.9 Å². The van der Waals surface area contributed by atoms with Crippen LogP contribution < -0.4 is 5.32 Å². The second-order valence-corrected chi connectivity index (χ2v) is 4.84. The fraction of sp³-hybridized carbons (Fsp3) is 0.727. The molecule has 0 aromatic heterocycles. The van der Waals surface area contributed by atoms with Crippen molar-refractivity contribution in [3.8, 4) is 0 Å². The topological polar surface area (TPSA) is 69.7 Å². The summed E-state index contributed by atoms with van der Waals surface area (Å²) in [7, 11) is 0. The molecule has 6 nitrogen and oxygen atoms in total. The first-order valence-corrected chi connectivity index (χ1v) is 6.02. The van der Waals surface area contributed by atoms with Crippen LogP contribution in [0.15, 0.2) is 0 Å². The van der Waals surface area contributed by atoms with Crippen molar-refractivity contribution in [2.45, 2.75) is 6.42 Å². The summed E-state index contributed by atoms with van der Waals surface area (Å²) in [5.41, 5.74) is 0. The van der Waals surface area contributed by atoms with Crippen LogP contribution in [0.3, 0.4) is 0 Å². The molecule has 2 aliphatic heterocycles. The lowest BCUT2D eigenvalue weighted by molar-refractivity contribution is -0.147. The minimum atomic E-state index is -0.150. The Hall–Kier alpha value is -1.43. The molecule has 3 aliphatic rings. The van der Waals surface area contributed by atoms with E-state index in [1.165, 1.54) is 0 Å². The lowest BCUT2D eigenvalue weighted by Gasteiger charge is -2.29. The van der Waals surface area contributed by atoms with Crippen molar-refractivity contribution in [1.29, 1.82) is 0 Å². The molecule has 92 valence electrons. The number of amides is 3. The van der Waals surface area contributed by atoms with E-state index in [1.807, 2.05) is 0 Å². The van der Waals surface area contributed by atoms with E-state index in [4.69, 9.17) is 0 Å². The van der Waals surface area contributed by atoms with Gasteiger partial charge < -0.3 is 10.2 Å². The zero-order valence-corrected chi connectivity index (χ0v) is 9.52. The summed E-state index contributed by atoms with van der Waals surface area (Å²) >= 11 is 0. The van der Waals surface area contributed by atoms with Crippen molar-refractivity contribution in [2.75, 3.05) is 32.7 Å². The molecular weight excluding hydrogens is 222 g/mol. The van der Waals surface area contributed by atoms with E-state index in [1.54, 1.807) is 4.90 Å². The van der Waals surface area contributed by atoms with Crippen LogP contribution in [-0.4, -0.2) is 60.2 Å². The molecule has 3 amide bonds. The standard InChI is InChI=1S/C11H15N3O3/c15-9(13-3-1-12-2-4-13)6-14-10(16)7-5-8(7)11(14)17/h7-8,12H,1-6H2. The number of carbonyl (C=O) groups is 3. The molecule has 2 heterocycles. The Morgan fingerprint density at radius 2 is 1.76 bits per heavy atom. The molecule has 1 aliphatic carbocycles. The summed E-state index contributed by atoms with van der Waals surface area (Å²) in [5.74, 6) is -0.641. The van der Waals surface area contributed by atoms with Crippen molar-refractivity contribution in [2.24, 2.45) is 11.8 Å². The molecule has 0 bridgehead atoms. The van der Waals surface area contributed by atoms with Gasteiger partial charge in [-0.25, -0.2) is 0 Å². The Balaban J connectivity index is 1.61. The summed E-state index contributed by atoms with van der Waals surface area (Å²) in [4.78, 5) is 38.2. The number of fused-ring (bicyclic) bond motifs is 1. The molecule has 17 heavy (non-hydrogen) atoms. The highest BCUT2D eigenvalue weighted by atomic mass is 16.2. The Morgan fingerprint density at radius 1 is 1.18 bits per heavy atom. The van der Waals surface area contributed by atoms with E-state index >= 15 is 0 Å². The average Bonchev–Trinajstić information content (AvgIpc) is 3.11. The maximum Gasteiger partial charge on any atom is 0.242 e. The van der Waals surface area contributed by atoms with Crippen LogP contribution in [-0.2, 0) is 14.4 Å². The van der Waals surface area contributed by atoms with Gasteiger partial charge in [-0.1, -0.05) is 0 Å². The van der Waals surface area contributed by atoms with E-state index in [-0.39, 0.29) is 36.1 Å². The minimum absolute atomic E-state index is 0.0648. The first-order valence-electron chi connectivity index (χ1n) is 6.02. The van der Waals surface area contributed by atoms with Crippen molar-refractivity contribution in [1.82, 2.24) is 15.1 Å². The molecule has 2 unspecified atom stereocenters. The predicted molar refractivity (Wildman–Crippen MR) is 57.8 cm³/mol. The second kappa shape index (κ2) is 3.80. The van der Waals surface area contributed by atoms with E-state index < -0.39 is 0 Å². The number of hydrogen-bond donors (Lipinski definition) is 1. The monoisotopic (exact) mass is 237 g/mol. The fourth-order valence-electron chi connectivity index (χ4n) is 2.56. The predicted octanol–water partition coefficient (Wildman–Crippen LogP) is -1.58. The van der Waals surface area contributed by atoms with Crippen LogP contribution in [0.5, 0.6) is 0 Å². The van der Waals surface area contributed by atoms with Crippen molar-refractivity contribution >= 4 is 17.7 Å². The number of carbonyl (C=O) groups excluding carboxylic acids is 3. The van der Waals surface area contributed by atoms with Crippen LogP contribution in [0.25, 0.3) is 0 Å². The Kier molecular flexibility index (Phi) is 2.39. The third-order valence-corrected chi connectivity index (χ3v) is 3.72. The number of likely N-dealkylation sites (tertiary alicyclic amines) is 1. The lowest BCUT2D eigenvalue weighted by atomic mass is 10.3. The van der Waals surface area contributed by atoms with Gasteiger partial charge in [0.25, 0.3) is 0 Å². The molecule has 0 aromatic rings. The minimum Gasteiger partial charge on any atom is -0.339 e. The van der Waals surface area contributed by atoms with Crippen LogP contribution in [0.4, 0.5) is 0 Å². The van der Waals surface area contributed by atoms with Gasteiger partial charge in [0.2, 0.25) is 17.7 Å². The van der Waals surface area contributed by atoms with Gasteiger partial charge in [-0.2, -0.15) is 0 Å². The highest BCUT2D eigenvalue weighted by Gasteiger charge is 2.59. The van der Waals surface area contributed by atoms with Gasteiger partial charge in [-0.15, -0.1) is 0 Å². The van der Waals surface area contributed by atoms with Gasteiger partial charge >= 0.3 is 0 Å². The molecule has 3 fully saturated rings. The molecule has 6 heteroatoms. The number of piperazine rings is 1. The Morgan fingerprint density at radius 3 is 2.35 bits per heavy atom. The van der Waals surface area contributed by atoms with Crippen LogP contribution in [0.2, 0.25) is 0 Å².